The molecule has 1 amide bonds. The molecule has 0 aliphatic carbocycles. The van der Waals surface area contributed by atoms with Crippen LogP contribution in [0.2, 0.25) is 0 Å². The summed E-state index contributed by atoms with van der Waals surface area (Å²) in [6.07, 6.45) is 6.45. The van der Waals surface area contributed by atoms with Gasteiger partial charge in [0.15, 0.2) is 11.5 Å². The van der Waals surface area contributed by atoms with E-state index in [0.29, 0.717) is 31.8 Å². The fraction of sp³-hybridized carbons (Fsp3) is 0.273. The molecule has 6 heteroatoms. The van der Waals surface area contributed by atoms with E-state index in [2.05, 4.69) is 10.3 Å². The maximum absolute atomic E-state index is 12.2. The first kappa shape index (κ1) is 19.5. The molecule has 6 nitrogen and oxygen atoms in total. The topological polar surface area (TPSA) is 65.4 Å². The van der Waals surface area contributed by atoms with Gasteiger partial charge in [-0.05, 0) is 43.2 Å². The summed E-state index contributed by atoms with van der Waals surface area (Å²) in [4.78, 5) is 16.3. The molecule has 1 heterocycles. The van der Waals surface area contributed by atoms with Crippen LogP contribution in [-0.4, -0.2) is 28.7 Å². The average molecular weight is 379 g/mol. The number of nitrogens with one attached hydrogen (secondary N) is 1. The minimum Gasteiger partial charge on any atom is -0.490 e. The molecule has 0 atom stereocenters. The molecule has 0 radical (unpaired) electrons. The largest absolute Gasteiger partial charge is 0.490 e. The maximum atomic E-state index is 12.2. The van der Waals surface area contributed by atoms with Crippen LogP contribution >= 0.6 is 0 Å². The summed E-state index contributed by atoms with van der Waals surface area (Å²) in [5, 5.41) is 2.95. The standard InChI is InChI=1S/C22H25N3O3/c1-2-27-20-9-3-4-10-21(20)28-14-6-11-22(26)24-19-8-5-7-18(15-19)16-25-13-12-23-17-25/h3-5,7-10,12-13,15,17H,2,6,11,14,16H2,1H3,(H,24,26). The number of imidazole rings is 1. The van der Waals surface area contributed by atoms with E-state index >= 15 is 0 Å². The number of para-hydroxylation sites is 2. The van der Waals surface area contributed by atoms with E-state index in [1.54, 1.807) is 12.5 Å². The van der Waals surface area contributed by atoms with Gasteiger partial charge in [0.1, 0.15) is 0 Å². The van der Waals surface area contributed by atoms with Gasteiger partial charge in [-0.1, -0.05) is 24.3 Å². The summed E-state index contributed by atoms with van der Waals surface area (Å²) in [5.41, 5.74) is 1.90. The van der Waals surface area contributed by atoms with Gasteiger partial charge in [0.05, 0.1) is 19.5 Å². The van der Waals surface area contributed by atoms with Crippen LogP contribution in [0.3, 0.4) is 0 Å². The van der Waals surface area contributed by atoms with Crippen LogP contribution in [0.15, 0.2) is 67.3 Å². The molecule has 0 saturated heterocycles. The lowest BCUT2D eigenvalue weighted by Gasteiger charge is -2.11. The smallest absolute Gasteiger partial charge is 0.224 e. The molecule has 1 aromatic heterocycles. The first-order chi connectivity index (χ1) is 13.7. The molecular weight excluding hydrogens is 354 g/mol. The predicted molar refractivity (Wildman–Crippen MR) is 109 cm³/mol. The zero-order chi connectivity index (χ0) is 19.6. The number of amides is 1. The lowest BCUT2D eigenvalue weighted by molar-refractivity contribution is -0.116. The minimum atomic E-state index is -0.0264. The molecule has 0 aliphatic rings. The first-order valence-electron chi connectivity index (χ1n) is 9.44. The minimum absolute atomic E-state index is 0.0264. The molecular formula is C22H25N3O3. The summed E-state index contributed by atoms with van der Waals surface area (Å²) < 4.78 is 13.3. The van der Waals surface area contributed by atoms with Crippen molar-refractivity contribution < 1.29 is 14.3 Å². The molecule has 28 heavy (non-hydrogen) atoms. The van der Waals surface area contributed by atoms with Crippen molar-refractivity contribution >= 4 is 11.6 Å². The number of anilines is 1. The van der Waals surface area contributed by atoms with Crippen molar-refractivity contribution in [2.45, 2.75) is 26.3 Å². The third kappa shape index (κ3) is 5.87. The molecule has 0 fully saturated rings. The van der Waals surface area contributed by atoms with E-state index in [-0.39, 0.29) is 5.91 Å². The number of hydrogen-bond acceptors (Lipinski definition) is 4. The molecule has 0 aliphatic heterocycles. The second kappa shape index (κ2) is 10.2. The Morgan fingerprint density at radius 3 is 2.68 bits per heavy atom. The van der Waals surface area contributed by atoms with Crippen molar-refractivity contribution in [3.05, 3.63) is 72.8 Å². The Balaban J connectivity index is 1.43. The Labute approximate surface area is 165 Å². The number of hydrogen-bond donors (Lipinski definition) is 1. The number of nitrogens with zero attached hydrogens (tertiary/aromatic N) is 2. The van der Waals surface area contributed by atoms with Gasteiger partial charge in [-0.25, -0.2) is 4.98 Å². The highest BCUT2D eigenvalue weighted by Crippen LogP contribution is 2.26. The van der Waals surface area contributed by atoms with E-state index in [1.807, 2.05) is 66.2 Å². The number of aromatic nitrogens is 2. The fourth-order valence-electron chi connectivity index (χ4n) is 2.82. The van der Waals surface area contributed by atoms with Gasteiger partial charge in [-0.2, -0.15) is 0 Å². The first-order valence-corrected chi connectivity index (χ1v) is 9.44. The van der Waals surface area contributed by atoms with Gasteiger partial charge in [0.2, 0.25) is 5.91 Å². The second-order valence-corrected chi connectivity index (χ2v) is 6.32. The van der Waals surface area contributed by atoms with E-state index in [0.717, 1.165) is 23.5 Å². The monoisotopic (exact) mass is 379 g/mol. The molecule has 0 saturated carbocycles. The second-order valence-electron chi connectivity index (χ2n) is 6.32. The SMILES string of the molecule is CCOc1ccccc1OCCCC(=O)Nc1cccc(Cn2ccnc2)c1. The van der Waals surface area contributed by atoms with Crippen LogP contribution < -0.4 is 14.8 Å². The van der Waals surface area contributed by atoms with Crippen LogP contribution in [0.25, 0.3) is 0 Å². The highest BCUT2D eigenvalue weighted by molar-refractivity contribution is 5.90. The van der Waals surface area contributed by atoms with Crippen LogP contribution in [0.1, 0.15) is 25.3 Å². The van der Waals surface area contributed by atoms with Crippen molar-refractivity contribution in [3.63, 3.8) is 0 Å². The van der Waals surface area contributed by atoms with E-state index in [1.165, 1.54) is 0 Å². The molecule has 3 rings (SSSR count). The van der Waals surface area contributed by atoms with E-state index in [4.69, 9.17) is 9.47 Å². The molecule has 1 N–H and O–H groups in total. The van der Waals surface area contributed by atoms with Crippen molar-refractivity contribution in [2.75, 3.05) is 18.5 Å². The molecule has 2 aromatic carbocycles. The van der Waals surface area contributed by atoms with Crippen LogP contribution in [0.5, 0.6) is 11.5 Å². The normalized spacial score (nSPS) is 10.5. The molecule has 0 unspecified atom stereocenters. The van der Waals surface area contributed by atoms with Gasteiger partial charge in [0.25, 0.3) is 0 Å². The van der Waals surface area contributed by atoms with Crippen molar-refractivity contribution in [1.82, 2.24) is 9.55 Å². The summed E-state index contributed by atoms with van der Waals surface area (Å²) >= 11 is 0. The number of carbonyl (C=O) groups excluding carboxylic acids is 1. The summed E-state index contributed by atoms with van der Waals surface area (Å²) in [6, 6.07) is 15.4. The van der Waals surface area contributed by atoms with Crippen LogP contribution in [0.4, 0.5) is 5.69 Å². The molecule has 146 valence electrons. The van der Waals surface area contributed by atoms with E-state index < -0.39 is 0 Å². The highest BCUT2D eigenvalue weighted by atomic mass is 16.5. The Kier molecular flexibility index (Phi) is 7.07. The van der Waals surface area contributed by atoms with Crippen LogP contribution in [-0.2, 0) is 11.3 Å². The van der Waals surface area contributed by atoms with Crippen molar-refractivity contribution in [2.24, 2.45) is 0 Å². The highest BCUT2D eigenvalue weighted by Gasteiger charge is 2.06. The number of ether oxygens (including phenoxy) is 2. The number of carbonyl (C=O) groups is 1. The third-order valence-corrected chi connectivity index (χ3v) is 4.09. The summed E-state index contributed by atoms with van der Waals surface area (Å²) in [6.45, 7) is 3.70. The fourth-order valence-corrected chi connectivity index (χ4v) is 2.82. The lowest BCUT2D eigenvalue weighted by atomic mass is 10.2. The zero-order valence-electron chi connectivity index (χ0n) is 16.0. The van der Waals surface area contributed by atoms with Gasteiger partial charge in [0, 0.05) is 31.0 Å². The Hall–Kier alpha value is -3.28. The van der Waals surface area contributed by atoms with Crippen molar-refractivity contribution in [1.29, 1.82) is 0 Å². The van der Waals surface area contributed by atoms with Gasteiger partial charge < -0.3 is 19.4 Å². The number of benzene rings is 2. The lowest BCUT2D eigenvalue weighted by Crippen LogP contribution is -2.13. The zero-order valence-corrected chi connectivity index (χ0v) is 16.0. The van der Waals surface area contributed by atoms with Gasteiger partial charge >= 0.3 is 0 Å². The Bertz CT molecular complexity index is 878. The number of rotatable bonds is 10. The Morgan fingerprint density at radius 1 is 1.11 bits per heavy atom. The molecule has 3 aromatic rings. The van der Waals surface area contributed by atoms with Crippen molar-refractivity contribution in [3.8, 4) is 11.5 Å². The van der Waals surface area contributed by atoms with E-state index in [9.17, 15) is 4.79 Å². The summed E-state index contributed by atoms with van der Waals surface area (Å²) in [7, 11) is 0. The third-order valence-electron chi connectivity index (χ3n) is 4.09. The summed E-state index contributed by atoms with van der Waals surface area (Å²) in [5.74, 6) is 1.41. The maximum Gasteiger partial charge on any atom is 0.224 e. The Morgan fingerprint density at radius 2 is 1.93 bits per heavy atom. The average Bonchev–Trinajstić information content (AvgIpc) is 3.20. The predicted octanol–water partition coefficient (Wildman–Crippen LogP) is 4.13. The quantitative estimate of drug-likeness (QED) is 0.538. The molecule has 0 bridgehead atoms. The van der Waals surface area contributed by atoms with Gasteiger partial charge in [-0.3, -0.25) is 4.79 Å². The van der Waals surface area contributed by atoms with Crippen LogP contribution in [0, 0.1) is 0 Å². The molecule has 0 spiro atoms. The van der Waals surface area contributed by atoms with Gasteiger partial charge in [-0.15, -0.1) is 0 Å².